The molecular formula is C12H16BrClFN. The van der Waals surface area contributed by atoms with Gasteiger partial charge in [0.05, 0.1) is 5.02 Å². The largest absolute Gasteiger partial charge is 0.310 e. The van der Waals surface area contributed by atoms with E-state index in [1.807, 2.05) is 6.07 Å². The predicted octanol–water partition coefficient (Wildman–Crippen LogP) is 3.99. The van der Waals surface area contributed by atoms with E-state index in [0.29, 0.717) is 18.5 Å². The van der Waals surface area contributed by atoms with Crippen LogP contribution in [0.15, 0.2) is 18.2 Å². The molecule has 0 aliphatic rings. The number of hydrogen-bond acceptors (Lipinski definition) is 1. The van der Waals surface area contributed by atoms with Gasteiger partial charge in [-0.3, -0.25) is 0 Å². The Morgan fingerprint density at radius 2 is 2.12 bits per heavy atom. The van der Waals surface area contributed by atoms with Gasteiger partial charge in [-0.15, -0.1) is 0 Å². The van der Waals surface area contributed by atoms with Crippen molar-refractivity contribution < 1.29 is 4.39 Å². The van der Waals surface area contributed by atoms with Crippen molar-refractivity contribution in [2.45, 2.75) is 26.4 Å². The minimum absolute atomic E-state index is 0.172. The first-order chi connectivity index (χ1) is 7.54. The Balaban J connectivity index is 2.51. The third-order valence-electron chi connectivity index (χ3n) is 2.71. The molecule has 0 radical (unpaired) electrons. The first-order valence-corrected chi connectivity index (χ1v) is 6.77. The second kappa shape index (κ2) is 6.58. The smallest absolute Gasteiger partial charge is 0.142 e. The van der Waals surface area contributed by atoms with Crippen LogP contribution in [0.4, 0.5) is 4.39 Å². The number of rotatable bonds is 5. The molecule has 0 aromatic heterocycles. The van der Waals surface area contributed by atoms with Crippen LogP contribution in [-0.2, 0) is 6.54 Å². The Hall–Kier alpha value is -0.120. The van der Waals surface area contributed by atoms with Crippen LogP contribution in [0.25, 0.3) is 0 Å². The monoisotopic (exact) mass is 307 g/mol. The molecule has 0 bridgehead atoms. The summed E-state index contributed by atoms with van der Waals surface area (Å²) in [4.78, 5) is 0. The molecule has 2 unspecified atom stereocenters. The van der Waals surface area contributed by atoms with Crippen molar-refractivity contribution in [2.75, 3.05) is 5.33 Å². The van der Waals surface area contributed by atoms with Crippen LogP contribution in [0, 0.1) is 11.7 Å². The average Bonchev–Trinajstić information content (AvgIpc) is 2.29. The van der Waals surface area contributed by atoms with Crippen molar-refractivity contribution in [3.8, 4) is 0 Å². The Morgan fingerprint density at radius 1 is 1.44 bits per heavy atom. The van der Waals surface area contributed by atoms with Gasteiger partial charge in [-0.05, 0) is 30.5 Å². The van der Waals surface area contributed by atoms with Gasteiger partial charge in [0.15, 0.2) is 0 Å². The van der Waals surface area contributed by atoms with Gasteiger partial charge in [0, 0.05) is 17.9 Å². The van der Waals surface area contributed by atoms with Gasteiger partial charge in [0.1, 0.15) is 5.82 Å². The van der Waals surface area contributed by atoms with Crippen LogP contribution in [0.5, 0.6) is 0 Å². The van der Waals surface area contributed by atoms with Crippen LogP contribution >= 0.6 is 27.5 Å². The maximum Gasteiger partial charge on any atom is 0.142 e. The normalized spacial score (nSPS) is 14.8. The lowest BCUT2D eigenvalue weighted by Gasteiger charge is -2.19. The lowest BCUT2D eigenvalue weighted by atomic mass is 10.1. The third-order valence-corrected chi connectivity index (χ3v) is 4.04. The quantitative estimate of drug-likeness (QED) is 0.811. The van der Waals surface area contributed by atoms with Gasteiger partial charge in [-0.2, -0.15) is 0 Å². The second-order valence-electron chi connectivity index (χ2n) is 4.05. The zero-order valence-electron chi connectivity index (χ0n) is 9.43. The Morgan fingerprint density at radius 3 is 2.69 bits per heavy atom. The molecule has 4 heteroatoms. The Kier molecular flexibility index (Phi) is 5.73. The molecule has 1 rings (SSSR count). The van der Waals surface area contributed by atoms with E-state index in [4.69, 9.17) is 11.6 Å². The van der Waals surface area contributed by atoms with E-state index in [1.54, 1.807) is 6.07 Å². The number of alkyl halides is 1. The van der Waals surface area contributed by atoms with Crippen LogP contribution in [0.2, 0.25) is 5.02 Å². The Labute approximate surface area is 110 Å². The molecule has 0 fully saturated rings. The van der Waals surface area contributed by atoms with Crippen molar-refractivity contribution in [3.63, 3.8) is 0 Å². The standard InChI is InChI=1S/C12H16BrClFN/c1-8(6-13)9(2)16-7-10-3-4-11(14)12(15)5-10/h3-5,8-9,16H,6-7H2,1-2H3. The predicted molar refractivity (Wildman–Crippen MR) is 70.7 cm³/mol. The third kappa shape index (κ3) is 4.04. The van der Waals surface area contributed by atoms with Crippen molar-refractivity contribution in [2.24, 2.45) is 5.92 Å². The number of nitrogens with one attached hydrogen (secondary N) is 1. The summed E-state index contributed by atoms with van der Waals surface area (Å²) in [6.07, 6.45) is 0. The molecule has 90 valence electrons. The van der Waals surface area contributed by atoms with E-state index < -0.39 is 0 Å². The summed E-state index contributed by atoms with van der Waals surface area (Å²) in [5.41, 5.74) is 0.913. The van der Waals surface area contributed by atoms with E-state index in [1.165, 1.54) is 6.07 Å². The van der Waals surface area contributed by atoms with Crippen molar-refractivity contribution >= 4 is 27.5 Å². The lowest BCUT2D eigenvalue weighted by molar-refractivity contribution is 0.433. The fraction of sp³-hybridized carbons (Fsp3) is 0.500. The summed E-state index contributed by atoms with van der Waals surface area (Å²) in [5, 5.41) is 4.48. The Bertz CT molecular complexity index is 346. The molecule has 1 aromatic carbocycles. The summed E-state index contributed by atoms with van der Waals surface area (Å²) < 4.78 is 13.2. The zero-order chi connectivity index (χ0) is 12.1. The molecule has 0 saturated heterocycles. The highest BCUT2D eigenvalue weighted by Gasteiger charge is 2.10. The molecule has 1 aromatic rings. The van der Waals surface area contributed by atoms with E-state index >= 15 is 0 Å². The lowest BCUT2D eigenvalue weighted by Crippen LogP contribution is -2.32. The van der Waals surface area contributed by atoms with Crippen LogP contribution < -0.4 is 5.32 Å². The van der Waals surface area contributed by atoms with E-state index in [2.05, 4.69) is 35.1 Å². The highest BCUT2D eigenvalue weighted by molar-refractivity contribution is 9.09. The van der Waals surface area contributed by atoms with Crippen LogP contribution in [0.1, 0.15) is 19.4 Å². The molecule has 2 atom stereocenters. The molecule has 0 saturated carbocycles. The highest BCUT2D eigenvalue weighted by Crippen LogP contribution is 2.16. The maximum absolute atomic E-state index is 13.2. The first-order valence-electron chi connectivity index (χ1n) is 5.28. The van der Waals surface area contributed by atoms with Crippen LogP contribution in [-0.4, -0.2) is 11.4 Å². The minimum atomic E-state index is -0.359. The molecule has 0 aliphatic heterocycles. The maximum atomic E-state index is 13.2. The molecule has 0 aliphatic carbocycles. The average molecular weight is 309 g/mol. The molecule has 0 amide bonds. The van der Waals surface area contributed by atoms with Gasteiger partial charge in [0.2, 0.25) is 0 Å². The number of benzene rings is 1. The van der Waals surface area contributed by atoms with E-state index in [0.717, 1.165) is 10.9 Å². The van der Waals surface area contributed by atoms with Crippen molar-refractivity contribution in [1.29, 1.82) is 0 Å². The van der Waals surface area contributed by atoms with Gasteiger partial charge in [-0.25, -0.2) is 4.39 Å². The zero-order valence-corrected chi connectivity index (χ0v) is 11.8. The minimum Gasteiger partial charge on any atom is -0.310 e. The summed E-state index contributed by atoms with van der Waals surface area (Å²) >= 11 is 9.06. The number of halogens is 3. The van der Waals surface area contributed by atoms with Gasteiger partial charge >= 0.3 is 0 Å². The van der Waals surface area contributed by atoms with E-state index in [9.17, 15) is 4.39 Å². The summed E-state index contributed by atoms with van der Waals surface area (Å²) in [7, 11) is 0. The fourth-order valence-corrected chi connectivity index (χ4v) is 1.94. The van der Waals surface area contributed by atoms with Crippen molar-refractivity contribution in [1.82, 2.24) is 5.32 Å². The van der Waals surface area contributed by atoms with Gasteiger partial charge in [-0.1, -0.05) is 40.5 Å². The first kappa shape index (κ1) is 13.9. The number of hydrogen-bond donors (Lipinski definition) is 1. The molecule has 1 N–H and O–H groups in total. The summed E-state index contributed by atoms with van der Waals surface area (Å²) in [5.74, 6) is 0.180. The van der Waals surface area contributed by atoms with E-state index in [-0.39, 0.29) is 10.8 Å². The van der Waals surface area contributed by atoms with Gasteiger partial charge < -0.3 is 5.32 Å². The molecule has 0 spiro atoms. The summed E-state index contributed by atoms with van der Waals surface area (Å²) in [6, 6.07) is 5.29. The molecular weight excluding hydrogens is 292 g/mol. The topological polar surface area (TPSA) is 12.0 Å². The van der Waals surface area contributed by atoms with Gasteiger partial charge in [0.25, 0.3) is 0 Å². The summed E-state index contributed by atoms with van der Waals surface area (Å²) in [6.45, 7) is 4.94. The van der Waals surface area contributed by atoms with Crippen LogP contribution in [0.3, 0.4) is 0 Å². The second-order valence-corrected chi connectivity index (χ2v) is 5.10. The highest BCUT2D eigenvalue weighted by atomic mass is 79.9. The van der Waals surface area contributed by atoms with Crippen molar-refractivity contribution in [3.05, 3.63) is 34.6 Å². The fourth-order valence-electron chi connectivity index (χ4n) is 1.26. The molecule has 0 heterocycles. The SMILES string of the molecule is CC(CBr)C(C)NCc1ccc(Cl)c(F)c1. The molecule has 16 heavy (non-hydrogen) atoms. The molecule has 1 nitrogen and oxygen atoms in total.